The third-order valence-electron chi connectivity index (χ3n) is 3.82. The largest absolute Gasteiger partial charge is 0.481 e. The average molecular weight is 280 g/mol. The molecular weight excluding hydrogens is 260 g/mol. The number of aryl methyl sites for hydroxylation is 2. The number of nitrogens with one attached hydrogen (secondary N) is 1. The molecule has 7 heteroatoms. The summed E-state index contributed by atoms with van der Waals surface area (Å²) in [5.74, 6) is -0.851. The molecule has 20 heavy (non-hydrogen) atoms. The molecule has 1 aromatic rings. The maximum atomic E-state index is 12.0. The number of hydrogen-bond acceptors (Lipinski definition) is 3. The van der Waals surface area contributed by atoms with Gasteiger partial charge in [0, 0.05) is 38.4 Å². The van der Waals surface area contributed by atoms with E-state index in [4.69, 9.17) is 5.11 Å². The Balaban J connectivity index is 1.91. The van der Waals surface area contributed by atoms with Gasteiger partial charge in [-0.05, 0) is 20.3 Å². The fraction of sp³-hybridized carbons (Fsp3) is 0.615. The van der Waals surface area contributed by atoms with Crippen LogP contribution in [0, 0.1) is 12.3 Å². The Hall–Kier alpha value is -2.05. The smallest absolute Gasteiger partial charge is 0.317 e. The SMILES string of the molecule is Cc1nn(C)cc1CNC(=O)N1CCC(C)(C(=O)O)C1. The van der Waals surface area contributed by atoms with Crippen LogP contribution in [0.2, 0.25) is 0 Å². The number of amides is 2. The van der Waals surface area contributed by atoms with Crippen molar-refractivity contribution in [3.05, 3.63) is 17.5 Å². The van der Waals surface area contributed by atoms with Crippen molar-refractivity contribution in [2.24, 2.45) is 12.5 Å². The minimum Gasteiger partial charge on any atom is -0.481 e. The van der Waals surface area contributed by atoms with E-state index >= 15 is 0 Å². The molecule has 0 aromatic carbocycles. The minimum atomic E-state index is -0.851. The highest BCUT2D eigenvalue weighted by molar-refractivity contribution is 5.79. The summed E-state index contributed by atoms with van der Waals surface area (Å²) in [5.41, 5.74) is 1.01. The number of carbonyl (C=O) groups excluding carboxylic acids is 1. The molecule has 1 unspecified atom stereocenters. The molecule has 2 heterocycles. The highest BCUT2D eigenvalue weighted by Crippen LogP contribution is 2.29. The molecule has 2 amide bonds. The van der Waals surface area contributed by atoms with Crippen molar-refractivity contribution in [2.75, 3.05) is 13.1 Å². The predicted octanol–water partition coefficient (Wildman–Crippen LogP) is 0.735. The van der Waals surface area contributed by atoms with E-state index in [1.165, 1.54) is 0 Å². The lowest BCUT2D eigenvalue weighted by Crippen LogP contribution is -2.40. The molecule has 0 saturated carbocycles. The Morgan fingerprint density at radius 3 is 2.75 bits per heavy atom. The second-order valence-corrected chi connectivity index (χ2v) is 5.61. The van der Waals surface area contributed by atoms with Crippen LogP contribution in [0.5, 0.6) is 0 Å². The van der Waals surface area contributed by atoms with Crippen LogP contribution in [0.4, 0.5) is 4.79 Å². The van der Waals surface area contributed by atoms with Crippen LogP contribution in [0.1, 0.15) is 24.6 Å². The van der Waals surface area contributed by atoms with Crippen LogP contribution in [0.25, 0.3) is 0 Å². The van der Waals surface area contributed by atoms with Crippen molar-refractivity contribution < 1.29 is 14.7 Å². The van der Waals surface area contributed by atoms with Crippen molar-refractivity contribution in [1.82, 2.24) is 20.0 Å². The van der Waals surface area contributed by atoms with Crippen molar-refractivity contribution in [3.63, 3.8) is 0 Å². The molecule has 1 fully saturated rings. The van der Waals surface area contributed by atoms with E-state index in [1.54, 1.807) is 16.5 Å². The van der Waals surface area contributed by atoms with E-state index in [0.717, 1.165) is 11.3 Å². The molecule has 1 aromatic heterocycles. The van der Waals surface area contributed by atoms with E-state index in [9.17, 15) is 9.59 Å². The zero-order valence-electron chi connectivity index (χ0n) is 12.0. The Morgan fingerprint density at radius 1 is 1.55 bits per heavy atom. The first kappa shape index (κ1) is 14.4. The first-order valence-electron chi connectivity index (χ1n) is 6.57. The number of hydrogen-bond donors (Lipinski definition) is 2. The van der Waals surface area contributed by atoms with E-state index in [-0.39, 0.29) is 12.6 Å². The highest BCUT2D eigenvalue weighted by atomic mass is 16.4. The lowest BCUT2D eigenvalue weighted by atomic mass is 9.90. The monoisotopic (exact) mass is 280 g/mol. The van der Waals surface area contributed by atoms with Gasteiger partial charge in [0.25, 0.3) is 0 Å². The number of carboxylic acids is 1. The van der Waals surface area contributed by atoms with Crippen molar-refractivity contribution in [1.29, 1.82) is 0 Å². The fourth-order valence-electron chi connectivity index (χ4n) is 2.41. The molecule has 0 spiro atoms. The van der Waals surface area contributed by atoms with Crippen molar-refractivity contribution >= 4 is 12.0 Å². The molecule has 0 aliphatic carbocycles. The summed E-state index contributed by atoms with van der Waals surface area (Å²) in [6.07, 6.45) is 2.35. The van der Waals surface area contributed by atoms with Gasteiger partial charge in [-0.3, -0.25) is 9.48 Å². The summed E-state index contributed by atoms with van der Waals surface area (Å²) in [4.78, 5) is 24.7. The van der Waals surface area contributed by atoms with Gasteiger partial charge in [-0.2, -0.15) is 5.10 Å². The maximum absolute atomic E-state index is 12.0. The van der Waals surface area contributed by atoms with Crippen molar-refractivity contribution in [2.45, 2.75) is 26.8 Å². The molecule has 2 N–H and O–H groups in total. The Labute approximate surface area is 117 Å². The van der Waals surface area contributed by atoms with Gasteiger partial charge < -0.3 is 15.3 Å². The quantitative estimate of drug-likeness (QED) is 0.854. The summed E-state index contributed by atoms with van der Waals surface area (Å²) < 4.78 is 1.70. The number of urea groups is 1. The summed E-state index contributed by atoms with van der Waals surface area (Å²) in [6.45, 7) is 4.69. The van der Waals surface area contributed by atoms with E-state index in [0.29, 0.717) is 19.5 Å². The standard InChI is InChI=1S/C13H20N4O3/c1-9-10(7-16(3)15-9)6-14-12(20)17-5-4-13(2,8-17)11(18)19/h7H,4-6,8H2,1-3H3,(H,14,20)(H,18,19). The molecule has 1 atom stereocenters. The summed E-state index contributed by atoms with van der Waals surface area (Å²) in [6, 6.07) is -0.224. The number of carbonyl (C=O) groups is 2. The van der Waals surface area contributed by atoms with Gasteiger partial charge in [0.15, 0.2) is 0 Å². The van der Waals surface area contributed by atoms with Gasteiger partial charge in [0.1, 0.15) is 0 Å². The summed E-state index contributed by atoms with van der Waals surface area (Å²) >= 11 is 0. The molecule has 0 bridgehead atoms. The summed E-state index contributed by atoms with van der Waals surface area (Å²) in [7, 11) is 1.83. The predicted molar refractivity (Wildman–Crippen MR) is 72.1 cm³/mol. The van der Waals surface area contributed by atoms with Gasteiger partial charge in [0.2, 0.25) is 0 Å². The molecule has 0 radical (unpaired) electrons. The van der Waals surface area contributed by atoms with Crippen LogP contribution in [-0.2, 0) is 18.4 Å². The third kappa shape index (κ3) is 2.76. The average Bonchev–Trinajstić information content (AvgIpc) is 2.91. The summed E-state index contributed by atoms with van der Waals surface area (Å²) in [5, 5.41) is 16.2. The van der Waals surface area contributed by atoms with Crippen LogP contribution in [0.15, 0.2) is 6.20 Å². The lowest BCUT2D eigenvalue weighted by molar-refractivity contribution is -0.146. The molecule has 7 nitrogen and oxygen atoms in total. The lowest BCUT2D eigenvalue weighted by Gasteiger charge is -2.20. The molecule has 1 saturated heterocycles. The van der Waals surface area contributed by atoms with E-state index < -0.39 is 11.4 Å². The number of aliphatic carboxylic acids is 1. The molecule has 110 valence electrons. The van der Waals surface area contributed by atoms with E-state index in [1.807, 2.05) is 20.2 Å². The Morgan fingerprint density at radius 2 is 2.25 bits per heavy atom. The first-order chi connectivity index (χ1) is 9.32. The second-order valence-electron chi connectivity index (χ2n) is 5.61. The topological polar surface area (TPSA) is 87.5 Å². The minimum absolute atomic E-state index is 0.224. The zero-order valence-corrected chi connectivity index (χ0v) is 12.0. The highest BCUT2D eigenvalue weighted by Gasteiger charge is 2.42. The Kier molecular flexibility index (Phi) is 3.69. The van der Waals surface area contributed by atoms with Crippen LogP contribution in [-0.4, -0.2) is 44.9 Å². The maximum Gasteiger partial charge on any atom is 0.317 e. The molecule has 2 rings (SSSR count). The van der Waals surface area contributed by atoms with Gasteiger partial charge in [-0.1, -0.05) is 0 Å². The Bertz CT molecular complexity index is 540. The number of likely N-dealkylation sites (tertiary alicyclic amines) is 1. The fourth-order valence-corrected chi connectivity index (χ4v) is 2.41. The molecule has 1 aliphatic rings. The number of aromatic nitrogens is 2. The van der Waals surface area contributed by atoms with Crippen LogP contribution in [0.3, 0.4) is 0 Å². The van der Waals surface area contributed by atoms with Gasteiger partial charge >= 0.3 is 12.0 Å². The molecular formula is C13H20N4O3. The number of rotatable bonds is 3. The molecule has 1 aliphatic heterocycles. The normalized spacial score (nSPS) is 22.1. The second kappa shape index (κ2) is 5.15. The number of nitrogens with zero attached hydrogens (tertiary/aromatic N) is 3. The number of carboxylic acid groups (broad SMARTS) is 1. The first-order valence-corrected chi connectivity index (χ1v) is 6.57. The van der Waals surface area contributed by atoms with Gasteiger partial charge in [-0.15, -0.1) is 0 Å². The van der Waals surface area contributed by atoms with Crippen LogP contribution < -0.4 is 5.32 Å². The van der Waals surface area contributed by atoms with Crippen molar-refractivity contribution in [3.8, 4) is 0 Å². The van der Waals surface area contributed by atoms with Gasteiger partial charge in [0.05, 0.1) is 11.1 Å². The van der Waals surface area contributed by atoms with E-state index in [2.05, 4.69) is 10.4 Å². The van der Waals surface area contributed by atoms with Crippen LogP contribution >= 0.6 is 0 Å². The van der Waals surface area contributed by atoms with Gasteiger partial charge in [-0.25, -0.2) is 4.79 Å². The third-order valence-corrected chi connectivity index (χ3v) is 3.82. The zero-order chi connectivity index (χ0) is 14.9.